The monoisotopic (exact) mass is 418 g/mol. The molecular weight excluding hydrogens is 394 g/mol. The number of carbonyl (C=O) groups excluding carboxylic acids is 1. The number of amides is 1. The van der Waals surface area contributed by atoms with Crippen LogP contribution in [0.4, 0.5) is 0 Å². The lowest BCUT2D eigenvalue weighted by atomic mass is 10.2. The second kappa shape index (κ2) is 8.42. The number of rotatable bonds is 6. The van der Waals surface area contributed by atoms with Gasteiger partial charge in [-0.05, 0) is 41.4 Å². The fraction of sp³-hybridized carbons (Fsp3) is 0.562. The zero-order valence-corrected chi connectivity index (χ0v) is 16.5. The molecular formula is C16H25BrN3O3S+. The summed E-state index contributed by atoms with van der Waals surface area (Å²) < 4.78 is 27.5. The number of hydrogen-bond donors (Lipinski definition) is 2. The van der Waals surface area contributed by atoms with Gasteiger partial charge in [-0.1, -0.05) is 19.1 Å². The molecule has 0 aromatic heterocycles. The van der Waals surface area contributed by atoms with E-state index >= 15 is 0 Å². The van der Waals surface area contributed by atoms with Crippen LogP contribution in [0, 0.1) is 0 Å². The number of sulfonamides is 1. The van der Waals surface area contributed by atoms with Crippen molar-refractivity contribution in [2.24, 2.45) is 0 Å². The first-order valence-corrected chi connectivity index (χ1v) is 10.5. The average molecular weight is 419 g/mol. The lowest BCUT2D eigenvalue weighted by Crippen LogP contribution is -3.15. The van der Waals surface area contributed by atoms with Crippen molar-refractivity contribution in [1.29, 1.82) is 0 Å². The van der Waals surface area contributed by atoms with Crippen molar-refractivity contribution in [3.05, 3.63) is 28.7 Å². The van der Waals surface area contributed by atoms with Crippen LogP contribution >= 0.6 is 15.9 Å². The first-order chi connectivity index (χ1) is 11.3. The van der Waals surface area contributed by atoms with E-state index in [0.29, 0.717) is 42.1 Å². The highest BCUT2D eigenvalue weighted by Crippen LogP contribution is 2.24. The number of quaternary nitrogens is 1. The van der Waals surface area contributed by atoms with Gasteiger partial charge in [0.25, 0.3) is 5.91 Å². The highest BCUT2D eigenvalue weighted by Gasteiger charge is 2.32. The summed E-state index contributed by atoms with van der Waals surface area (Å²) in [5, 5.41) is 2.95. The molecule has 6 nitrogen and oxygen atoms in total. The summed E-state index contributed by atoms with van der Waals surface area (Å²) in [6, 6.07) is 7.03. The van der Waals surface area contributed by atoms with Crippen LogP contribution in [0.25, 0.3) is 0 Å². The lowest BCUT2D eigenvalue weighted by Gasteiger charge is -2.31. The molecule has 1 aromatic rings. The van der Waals surface area contributed by atoms with Crippen LogP contribution in [0.1, 0.15) is 20.3 Å². The molecule has 0 saturated carbocycles. The van der Waals surface area contributed by atoms with Gasteiger partial charge in [-0.25, -0.2) is 8.42 Å². The van der Waals surface area contributed by atoms with Gasteiger partial charge in [0.15, 0.2) is 6.54 Å². The molecule has 1 aliphatic rings. The SMILES string of the molecule is CC[C@H](C)NC(=O)C[NH+]1CCN(S(=O)(=O)c2ccccc2Br)CC1. The summed E-state index contributed by atoms with van der Waals surface area (Å²) in [6.07, 6.45) is 0.902. The molecule has 1 heterocycles. The van der Waals surface area contributed by atoms with E-state index in [-0.39, 0.29) is 11.9 Å². The molecule has 1 fully saturated rings. The van der Waals surface area contributed by atoms with E-state index in [1.54, 1.807) is 24.3 Å². The maximum atomic E-state index is 12.7. The van der Waals surface area contributed by atoms with Gasteiger partial charge in [-0.15, -0.1) is 0 Å². The molecule has 0 spiro atoms. The molecule has 1 aromatic carbocycles. The van der Waals surface area contributed by atoms with Crippen molar-refractivity contribution in [2.75, 3.05) is 32.7 Å². The van der Waals surface area contributed by atoms with Crippen molar-refractivity contribution in [3.63, 3.8) is 0 Å². The zero-order chi connectivity index (χ0) is 17.7. The minimum atomic E-state index is -3.49. The minimum absolute atomic E-state index is 0.0291. The predicted molar refractivity (Wildman–Crippen MR) is 96.4 cm³/mol. The Morgan fingerprint density at radius 2 is 1.96 bits per heavy atom. The summed E-state index contributed by atoms with van der Waals surface area (Å²) in [4.78, 5) is 13.4. The van der Waals surface area contributed by atoms with Gasteiger partial charge in [0.1, 0.15) is 0 Å². The number of carbonyl (C=O) groups is 1. The molecule has 0 aliphatic carbocycles. The van der Waals surface area contributed by atoms with E-state index in [4.69, 9.17) is 0 Å². The van der Waals surface area contributed by atoms with Crippen LogP contribution in [0.2, 0.25) is 0 Å². The third kappa shape index (κ3) is 4.78. The Morgan fingerprint density at radius 3 is 2.54 bits per heavy atom. The smallest absolute Gasteiger partial charge is 0.275 e. The molecule has 2 rings (SSSR count). The molecule has 8 heteroatoms. The van der Waals surface area contributed by atoms with Crippen LogP contribution in [0.3, 0.4) is 0 Å². The van der Waals surface area contributed by atoms with Crippen LogP contribution in [-0.2, 0) is 14.8 Å². The van der Waals surface area contributed by atoms with E-state index in [0.717, 1.165) is 11.3 Å². The zero-order valence-electron chi connectivity index (χ0n) is 14.1. The Kier molecular flexibility index (Phi) is 6.79. The van der Waals surface area contributed by atoms with Crippen LogP contribution in [0.15, 0.2) is 33.6 Å². The van der Waals surface area contributed by atoms with Crippen molar-refractivity contribution in [3.8, 4) is 0 Å². The predicted octanol–water partition coefficient (Wildman–Crippen LogP) is 0.253. The van der Waals surface area contributed by atoms with Gasteiger partial charge in [0.05, 0.1) is 31.1 Å². The number of halogens is 1. The summed E-state index contributed by atoms with van der Waals surface area (Å²) in [6.45, 7) is 6.53. The third-order valence-electron chi connectivity index (χ3n) is 4.31. The standard InChI is InChI=1S/C16H24BrN3O3S/c1-3-13(2)18-16(21)12-19-8-10-20(11-9-19)24(22,23)15-7-5-4-6-14(15)17/h4-7,13H,3,8-12H2,1-2H3,(H,18,21)/p+1/t13-/m0/s1. The van der Waals surface area contributed by atoms with Gasteiger partial charge < -0.3 is 10.2 Å². The summed E-state index contributed by atoms with van der Waals surface area (Å²) in [7, 11) is -3.49. The lowest BCUT2D eigenvalue weighted by molar-refractivity contribution is -0.895. The van der Waals surface area contributed by atoms with Gasteiger partial charge in [-0.3, -0.25) is 4.79 Å². The van der Waals surface area contributed by atoms with E-state index < -0.39 is 10.0 Å². The topological polar surface area (TPSA) is 70.9 Å². The van der Waals surface area contributed by atoms with Gasteiger partial charge in [0.2, 0.25) is 10.0 Å². The van der Waals surface area contributed by atoms with E-state index in [9.17, 15) is 13.2 Å². The van der Waals surface area contributed by atoms with Gasteiger partial charge in [0, 0.05) is 10.5 Å². The summed E-state index contributed by atoms with van der Waals surface area (Å²) in [5.74, 6) is 0.0291. The molecule has 1 saturated heterocycles. The first-order valence-electron chi connectivity index (χ1n) is 8.22. The Hall–Kier alpha value is -0.960. The Balaban J connectivity index is 1.93. The highest BCUT2D eigenvalue weighted by atomic mass is 79.9. The third-order valence-corrected chi connectivity index (χ3v) is 7.23. The number of hydrogen-bond acceptors (Lipinski definition) is 3. The Bertz CT molecular complexity index is 673. The molecule has 1 aliphatic heterocycles. The number of nitrogens with zero attached hydrogens (tertiary/aromatic N) is 1. The van der Waals surface area contributed by atoms with E-state index in [1.165, 1.54) is 4.31 Å². The van der Waals surface area contributed by atoms with Crippen LogP contribution in [0.5, 0.6) is 0 Å². The molecule has 0 unspecified atom stereocenters. The Labute approximate surface area is 152 Å². The van der Waals surface area contributed by atoms with Gasteiger partial charge >= 0.3 is 0 Å². The van der Waals surface area contributed by atoms with Crippen molar-refractivity contribution in [1.82, 2.24) is 9.62 Å². The fourth-order valence-corrected chi connectivity index (χ4v) is 5.07. The normalized spacial score (nSPS) is 18.3. The number of benzene rings is 1. The fourth-order valence-electron chi connectivity index (χ4n) is 2.67. The largest absolute Gasteiger partial charge is 0.349 e. The maximum absolute atomic E-state index is 12.7. The molecule has 0 bridgehead atoms. The second-order valence-corrected chi connectivity index (χ2v) is 8.90. The highest BCUT2D eigenvalue weighted by molar-refractivity contribution is 9.10. The van der Waals surface area contributed by atoms with Crippen molar-refractivity contribution < 1.29 is 18.1 Å². The molecule has 0 radical (unpaired) electrons. The van der Waals surface area contributed by atoms with E-state index in [2.05, 4.69) is 21.2 Å². The maximum Gasteiger partial charge on any atom is 0.275 e. The molecule has 134 valence electrons. The quantitative estimate of drug-likeness (QED) is 0.695. The Morgan fingerprint density at radius 1 is 1.33 bits per heavy atom. The van der Waals surface area contributed by atoms with E-state index in [1.807, 2.05) is 13.8 Å². The average Bonchev–Trinajstić information content (AvgIpc) is 2.55. The molecule has 24 heavy (non-hydrogen) atoms. The second-order valence-electron chi connectivity index (χ2n) is 6.14. The van der Waals surface area contributed by atoms with Crippen molar-refractivity contribution in [2.45, 2.75) is 31.2 Å². The van der Waals surface area contributed by atoms with Crippen molar-refractivity contribution >= 4 is 31.9 Å². The number of nitrogens with one attached hydrogen (secondary N) is 2. The molecule has 2 N–H and O–H groups in total. The van der Waals surface area contributed by atoms with Crippen LogP contribution in [-0.4, -0.2) is 57.4 Å². The van der Waals surface area contributed by atoms with Gasteiger partial charge in [-0.2, -0.15) is 4.31 Å². The first kappa shape index (κ1) is 19.4. The molecule has 1 atom stereocenters. The summed E-state index contributed by atoms with van der Waals surface area (Å²) >= 11 is 3.31. The molecule has 1 amide bonds. The minimum Gasteiger partial charge on any atom is -0.349 e. The van der Waals surface area contributed by atoms with Crippen LogP contribution < -0.4 is 10.2 Å². The summed E-state index contributed by atoms with van der Waals surface area (Å²) in [5.41, 5.74) is 0. The number of piperazine rings is 1.